The third-order valence-electron chi connectivity index (χ3n) is 7.39. The number of benzene rings is 4. The Morgan fingerprint density at radius 1 is 0.826 bits per heavy atom. The standard InChI is InChI=1S/C37H29FN4O3.Pt/c1-4-43-34-17-24(3)18-35(44-5-2)37(34)25-22-40-41(23-25)27-9-8-10-28(20-27)45-29-13-14-31-30-11-6-7-12-32(30)42(33(31)21-29)36-19-26(38)15-16-39-36;/h6-19,22-23H,4-5H2,1-3H3;/q-2;+2. The molecule has 0 bridgehead atoms. The number of hydrogen-bond acceptors (Lipinski definition) is 5. The van der Waals surface area contributed by atoms with Crippen molar-refractivity contribution in [1.29, 1.82) is 0 Å². The summed E-state index contributed by atoms with van der Waals surface area (Å²) in [6.07, 6.45) is 5.17. The molecule has 0 saturated heterocycles. The number of pyridine rings is 1. The maximum atomic E-state index is 14.2. The van der Waals surface area contributed by atoms with Gasteiger partial charge < -0.3 is 18.8 Å². The molecule has 0 aliphatic heterocycles. The second kappa shape index (κ2) is 13.2. The molecule has 3 aromatic heterocycles. The minimum Gasteiger partial charge on any atom is -0.509 e. The van der Waals surface area contributed by atoms with E-state index in [1.807, 2.05) is 98.3 Å². The topological polar surface area (TPSA) is 63.3 Å². The number of ether oxygens (including phenoxy) is 3. The van der Waals surface area contributed by atoms with Crippen molar-refractivity contribution in [3.8, 4) is 45.6 Å². The largest absolute Gasteiger partial charge is 2.00 e. The maximum absolute atomic E-state index is 14.2. The molecule has 4 aromatic carbocycles. The van der Waals surface area contributed by atoms with Crippen LogP contribution in [0, 0.1) is 24.9 Å². The Labute approximate surface area is 280 Å². The average molecular weight is 792 g/mol. The van der Waals surface area contributed by atoms with Gasteiger partial charge in [-0.25, -0.2) is 9.37 Å². The van der Waals surface area contributed by atoms with Gasteiger partial charge in [-0.2, -0.15) is 17.2 Å². The van der Waals surface area contributed by atoms with Gasteiger partial charge in [0.15, 0.2) is 0 Å². The molecule has 0 amide bonds. The van der Waals surface area contributed by atoms with E-state index in [9.17, 15) is 4.39 Å². The van der Waals surface area contributed by atoms with Gasteiger partial charge in [0, 0.05) is 41.0 Å². The van der Waals surface area contributed by atoms with Crippen molar-refractivity contribution in [1.82, 2.24) is 19.3 Å². The first-order valence-corrected chi connectivity index (χ1v) is 14.8. The molecule has 0 N–H and O–H groups in total. The number of para-hydroxylation sites is 1. The van der Waals surface area contributed by atoms with Crippen LogP contribution in [-0.2, 0) is 21.1 Å². The Morgan fingerprint density at radius 3 is 2.35 bits per heavy atom. The van der Waals surface area contributed by atoms with E-state index in [1.165, 1.54) is 18.3 Å². The van der Waals surface area contributed by atoms with E-state index in [0.29, 0.717) is 36.2 Å². The van der Waals surface area contributed by atoms with Gasteiger partial charge >= 0.3 is 21.1 Å². The third-order valence-corrected chi connectivity index (χ3v) is 7.39. The second-order valence-corrected chi connectivity index (χ2v) is 10.4. The van der Waals surface area contributed by atoms with Crippen LogP contribution in [0.3, 0.4) is 0 Å². The van der Waals surface area contributed by atoms with Crippen LogP contribution in [0.2, 0.25) is 0 Å². The minimum atomic E-state index is -0.364. The zero-order chi connectivity index (χ0) is 30.9. The molecule has 46 heavy (non-hydrogen) atoms. The van der Waals surface area contributed by atoms with Gasteiger partial charge in [-0.3, -0.25) is 4.68 Å². The van der Waals surface area contributed by atoms with Gasteiger partial charge in [0.1, 0.15) is 23.1 Å². The molecule has 0 unspecified atom stereocenters. The summed E-state index contributed by atoms with van der Waals surface area (Å²) in [4.78, 5) is 4.43. The Bertz CT molecular complexity index is 2150. The Kier molecular flexibility index (Phi) is 8.91. The van der Waals surface area contributed by atoms with Gasteiger partial charge in [-0.05, 0) is 61.7 Å². The molecule has 0 fully saturated rings. The number of aryl methyl sites for hydroxylation is 1. The van der Waals surface area contributed by atoms with Gasteiger partial charge in [0.2, 0.25) is 0 Å². The number of halogens is 1. The molecule has 0 radical (unpaired) electrons. The zero-order valence-corrected chi connectivity index (χ0v) is 27.6. The van der Waals surface area contributed by atoms with Crippen molar-refractivity contribution in [2.45, 2.75) is 20.8 Å². The van der Waals surface area contributed by atoms with Crippen LogP contribution >= 0.6 is 0 Å². The van der Waals surface area contributed by atoms with Crippen LogP contribution in [0.25, 0.3) is 44.4 Å². The number of rotatable bonds is 9. The van der Waals surface area contributed by atoms with Gasteiger partial charge in [-0.1, -0.05) is 23.7 Å². The van der Waals surface area contributed by atoms with Crippen LogP contribution in [0.1, 0.15) is 19.4 Å². The first-order chi connectivity index (χ1) is 22.0. The molecule has 7 rings (SSSR count). The average Bonchev–Trinajstić information content (AvgIpc) is 3.64. The van der Waals surface area contributed by atoms with Crippen molar-refractivity contribution in [2.75, 3.05) is 13.2 Å². The summed E-state index contributed by atoms with van der Waals surface area (Å²) in [6, 6.07) is 30.9. The number of aromatic nitrogens is 4. The normalized spacial score (nSPS) is 11.0. The van der Waals surface area contributed by atoms with Gasteiger partial charge in [0.25, 0.3) is 0 Å². The number of hydrogen-bond donors (Lipinski definition) is 0. The fourth-order valence-electron chi connectivity index (χ4n) is 5.56. The number of fused-ring (bicyclic) bond motifs is 3. The molecule has 7 nitrogen and oxygen atoms in total. The molecular weight excluding hydrogens is 763 g/mol. The first-order valence-electron chi connectivity index (χ1n) is 14.8. The van der Waals surface area contributed by atoms with Crippen molar-refractivity contribution in [3.63, 3.8) is 0 Å². The van der Waals surface area contributed by atoms with E-state index in [1.54, 1.807) is 10.9 Å². The maximum Gasteiger partial charge on any atom is 2.00 e. The van der Waals surface area contributed by atoms with E-state index >= 15 is 0 Å². The Hall–Kier alpha value is -4.94. The SMILES string of the molecule is CCOc1cc(C)cc(OCC)c1-c1cnn(-c2[c-]c(Oc3[c-]c4c(cc3)c3ccccc3n4-c3cc(F)ccn3)ccc2)c1.[Pt+2]. The van der Waals surface area contributed by atoms with Crippen LogP contribution in [0.15, 0.2) is 97.5 Å². The summed E-state index contributed by atoms with van der Waals surface area (Å²) >= 11 is 0. The van der Waals surface area contributed by atoms with E-state index in [2.05, 4.69) is 22.2 Å². The summed E-state index contributed by atoms with van der Waals surface area (Å²) in [6.45, 7) is 7.01. The van der Waals surface area contributed by atoms with E-state index in [4.69, 9.17) is 14.2 Å². The second-order valence-electron chi connectivity index (χ2n) is 10.4. The van der Waals surface area contributed by atoms with Crippen LogP contribution in [0.4, 0.5) is 4.39 Å². The minimum absolute atomic E-state index is 0. The molecule has 9 heteroatoms. The molecule has 0 spiro atoms. The molecule has 3 heterocycles. The third kappa shape index (κ3) is 5.88. The first kappa shape index (κ1) is 31.1. The van der Waals surface area contributed by atoms with E-state index < -0.39 is 0 Å². The van der Waals surface area contributed by atoms with E-state index in [0.717, 1.165) is 50.0 Å². The molecular formula is C37H29FN4O3Pt. The van der Waals surface area contributed by atoms with Crippen molar-refractivity contribution in [2.24, 2.45) is 0 Å². The summed E-state index contributed by atoms with van der Waals surface area (Å²) in [7, 11) is 0. The summed E-state index contributed by atoms with van der Waals surface area (Å²) < 4.78 is 36.1. The molecule has 0 atom stereocenters. The fourth-order valence-corrected chi connectivity index (χ4v) is 5.56. The monoisotopic (exact) mass is 791 g/mol. The predicted molar refractivity (Wildman–Crippen MR) is 172 cm³/mol. The molecule has 0 aliphatic carbocycles. The van der Waals surface area contributed by atoms with Crippen molar-refractivity contribution < 1.29 is 39.7 Å². The Morgan fingerprint density at radius 2 is 1.59 bits per heavy atom. The number of nitrogens with zero attached hydrogens (tertiary/aromatic N) is 4. The summed E-state index contributed by atoms with van der Waals surface area (Å²) in [5, 5.41) is 6.59. The quantitative estimate of drug-likeness (QED) is 0.137. The fraction of sp³-hybridized carbons (Fsp3) is 0.135. The molecule has 232 valence electrons. The molecule has 7 aromatic rings. The van der Waals surface area contributed by atoms with Gasteiger partial charge in [-0.15, -0.1) is 35.7 Å². The summed E-state index contributed by atoms with van der Waals surface area (Å²) in [5.74, 6) is 2.58. The summed E-state index contributed by atoms with van der Waals surface area (Å²) in [5.41, 5.74) is 5.09. The van der Waals surface area contributed by atoms with E-state index in [-0.39, 0.29) is 26.9 Å². The predicted octanol–water partition coefficient (Wildman–Crippen LogP) is 8.67. The van der Waals surface area contributed by atoms with Crippen LogP contribution in [-0.4, -0.2) is 32.5 Å². The zero-order valence-electron chi connectivity index (χ0n) is 25.4. The molecule has 0 aliphatic rings. The van der Waals surface area contributed by atoms with Crippen LogP contribution < -0.4 is 14.2 Å². The Balaban J connectivity index is 0.00000372. The molecule has 0 saturated carbocycles. The smallest absolute Gasteiger partial charge is 0.509 e. The van der Waals surface area contributed by atoms with Crippen molar-refractivity contribution >= 4 is 21.8 Å². The van der Waals surface area contributed by atoms with Crippen LogP contribution in [0.5, 0.6) is 23.0 Å². The van der Waals surface area contributed by atoms with Crippen molar-refractivity contribution in [3.05, 3.63) is 121 Å². The van der Waals surface area contributed by atoms with Gasteiger partial charge in [0.05, 0.1) is 25.0 Å².